The lowest BCUT2D eigenvalue weighted by Gasteiger charge is -2.24. The average molecular weight is 218 g/mol. The minimum atomic E-state index is 0.258. The van der Waals surface area contributed by atoms with Gasteiger partial charge in [0.1, 0.15) is 0 Å². The SMILES string of the molecule is C=CC(C)[C@H](C)[C@@H](C)OCc1ccccc1. The molecule has 1 aromatic carbocycles. The van der Waals surface area contributed by atoms with Crippen LogP contribution >= 0.6 is 0 Å². The van der Waals surface area contributed by atoms with Crippen LogP contribution in [0.25, 0.3) is 0 Å². The molecule has 0 heterocycles. The third-order valence-corrected chi connectivity index (χ3v) is 3.30. The number of hydrogen-bond donors (Lipinski definition) is 0. The summed E-state index contributed by atoms with van der Waals surface area (Å²) in [6, 6.07) is 10.3. The van der Waals surface area contributed by atoms with Crippen molar-refractivity contribution in [3.8, 4) is 0 Å². The summed E-state index contributed by atoms with van der Waals surface area (Å²) in [7, 11) is 0. The van der Waals surface area contributed by atoms with Gasteiger partial charge in [0, 0.05) is 0 Å². The summed E-state index contributed by atoms with van der Waals surface area (Å²) in [5.74, 6) is 0.993. The van der Waals surface area contributed by atoms with E-state index in [0.717, 1.165) is 0 Å². The first kappa shape index (κ1) is 13.0. The molecule has 0 bridgehead atoms. The van der Waals surface area contributed by atoms with Gasteiger partial charge in [-0.1, -0.05) is 50.3 Å². The van der Waals surface area contributed by atoms with Gasteiger partial charge in [-0.2, -0.15) is 0 Å². The zero-order chi connectivity index (χ0) is 12.0. The van der Waals surface area contributed by atoms with Crippen molar-refractivity contribution >= 4 is 0 Å². The van der Waals surface area contributed by atoms with Crippen LogP contribution in [0.5, 0.6) is 0 Å². The first-order chi connectivity index (χ1) is 7.65. The van der Waals surface area contributed by atoms with Crippen LogP contribution in [-0.4, -0.2) is 6.10 Å². The smallest absolute Gasteiger partial charge is 0.0720 e. The van der Waals surface area contributed by atoms with Gasteiger partial charge in [0.25, 0.3) is 0 Å². The Morgan fingerprint density at radius 2 is 1.81 bits per heavy atom. The third kappa shape index (κ3) is 3.82. The van der Waals surface area contributed by atoms with Crippen molar-refractivity contribution in [3.05, 3.63) is 48.6 Å². The van der Waals surface area contributed by atoms with Gasteiger partial charge < -0.3 is 4.74 Å². The van der Waals surface area contributed by atoms with E-state index in [1.165, 1.54) is 5.56 Å². The van der Waals surface area contributed by atoms with Crippen LogP contribution in [0.4, 0.5) is 0 Å². The van der Waals surface area contributed by atoms with Crippen LogP contribution in [0.1, 0.15) is 26.3 Å². The molecule has 1 rings (SSSR count). The fourth-order valence-corrected chi connectivity index (χ4v) is 1.60. The molecular formula is C15H22O. The van der Waals surface area contributed by atoms with Gasteiger partial charge in [-0.05, 0) is 24.3 Å². The van der Waals surface area contributed by atoms with Gasteiger partial charge in [-0.25, -0.2) is 0 Å². The molecule has 1 unspecified atom stereocenters. The van der Waals surface area contributed by atoms with Crippen molar-refractivity contribution in [2.45, 2.75) is 33.5 Å². The Bertz CT molecular complexity index is 304. The molecule has 1 heteroatoms. The van der Waals surface area contributed by atoms with Gasteiger partial charge >= 0.3 is 0 Å². The Kier molecular flexibility index (Phi) is 5.27. The molecule has 0 N–H and O–H groups in total. The molecule has 0 radical (unpaired) electrons. The molecule has 1 nitrogen and oxygen atoms in total. The second-order valence-corrected chi connectivity index (χ2v) is 4.46. The summed E-state index contributed by atoms with van der Waals surface area (Å²) in [5.41, 5.74) is 1.23. The molecule has 0 aromatic heterocycles. The molecule has 1 aromatic rings. The molecule has 0 aliphatic heterocycles. The predicted octanol–water partition coefficient (Wildman–Crippen LogP) is 4.05. The Morgan fingerprint density at radius 1 is 1.19 bits per heavy atom. The quantitative estimate of drug-likeness (QED) is 0.654. The number of hydrogen-bond acceptors (Lipinski definition) is 1. The summed E-state index contributed by atoms with van der Waals surface area (Å²) < 4.78 is 5.86. The van der Waals surface area contributed by atoms with Crippen molar-refractivity contribution in [2.24, 2.45) is 11.8 Å². The topological polar surface area (TPSA) is 9.23 Å². The van der Waals surface area contributed by atoms with Crippen LogP contribution in [0, 0.1) is 11.8 Å². The molecule has 3 atom stereocenters. The molecule has 0 aliphatic carbocycles. The van der Waals surface area contributed by atoms with Crippen LogP contribution in [0.2, 0.25) is 0 Å². The standard InChI is InChI=1S/C15H22O/c1-5-12(2)13(3)14(4)16-11-15-9-7-6-8-10-15/h5-10,12-14H,1,11H2,2-4H3/t12?,13-,14+/m0/s1. The summed E-state index contributed by atoms with van der Waals surface area (Å²) in [6.45, 7) is 11.0. The second kappa shape index (κ2) is 6.49. The first-order valence-electron chi connectivity index (χ1n) is 5.93. The second-order valence-electron chi connectivity index (χ2n) is 4.46. The van der Waals surface area contributed by atoms with E-state index in [2.05, 4.69) is 39.5 Å². The van der Waals surface area contributed by atoms with Crippen molar-refractivity contribution in [1.29, 1.82) is 0 Å². The molecular weight excluding hydrogens is 196 g/mol. The van der Waals surface area contributed by atoms with E-state index < -0.39 is 0 Å². The average Bonchev–Trinajstić information content (AvgIpc) is 2.35. The number of allylic oxidation sites excluding steroid dienone is 1. The lowest BCUT2D eigenvalue weighted by molar-refractivity contribution is 0.00864. The molecule has 0 spiro atoms. The Morgan fingerprint density at radius 3 is 2.38 bits per heavy atom. The lowest BCUT2D eigenvalue weighted by Crippen LogP contribution is -2.22. The Hall–Kier alpha value is -1.08. The number of rotatable bonds is 6. The van der Waals surface area contributed by atoms with Gasteiger partial charge in [-0.3, -0.25) is 0 Å². The first-order valence-corrected chi connectivity index (χ1v) is 5.93. The highest BCUT2D eigenvalue weighted by molar-refractivity contribution is 5.13. The monoisotopic (exact) mass is 218 g/mol. The van der Waals surface area contributed by atoms with Gasteiger partial charge in [0.15, 0.2) is 0 Å². The molecule has 16 heavy (non-hydrogen) atoms. The minimum Gasteiger partial charge on any atom is -0.374 e. The molecule has 0 aliphatic rings. The predicted molar refractivity (Wildman–Crippen MR) is 69.2 cm³/mol. The zero-order valence-electron chi connectivity index (χ0n) is 10.5. The van der Waals surface area contributed by atoms with E-state index in [4.69, 9.17) is 4.74 Å². The highest BCUT2D eigenvalue weighted by Gasteiger charge is 2.17. The molecule has 0 amide bonds. The maximum Gasteiger partial charge on any atom is 0.0720 e. The maximum absolute atomic E-state index is 5.86. The maximum atomic E-state index is 5.86. The van der Waals surface area contributed by atoms with Crippen LogP contribution in [0.3, 0.4) is 0 Å². The van der Waals surface area contributed by atoms with E-state index in [0.29, 0.717) is 18.4 Å². The largest absolute Gasteiger partial charge is 0.374 e. The molecule has 0 saturated heterocycles. The highest BCUT2D eigenvalue weighted by atomic mass is 16.5. The van der Waals surface area contributed by atoms with E-state index in [1.54, 1.807) is 0 Å². The van der Waals surface area contributed by atoms with E-state index in [9.17, 15) is 0 Å². The van der Waals surface area contributed by atoms with Gasteiger partial charge in [0.05, 0.1) is 12.7 Å². The van der Waals surface area contributed by atoms with Crippen molar-refractivity contribution in [2.75, 3.05) is 0 Å². The number of benzene rings is 1. The summed E-state index contributed by atoms with van der Waals surface area (Å²) in [6.07, 6.45) is 2.25. The fourth-order valence-electron chi connectivity index (χ4n) is 1.60. The molecule has 0 fully saturated rings. The number of ether oxygens (including phenoxy) is 1. The molecule has 0 saturated carbocycles. The lowest BCUT2D eigenvalue weighted by atomic mass is 9.91. The van der Waals surface area contributed by atoms with Crippen LogP contribution in [-0.2, 0) is 11.3 Å². The third-order valence-electron chi connectivity index (χ3n) is 3.30. The summed E-state index contributed by atoms with van der Waals surface area (Å²) in [5, 5.41) is 0. The van der Waals surface area contributed by atoms with E-state index in [-0.39, 0.29) is 6.10 Å². The van der Waals surface area contributed by atoms with Crippen molar-refractivity contribution < 1.29 is 4.74 Å². The van der Waals surface area contributed by atoms with Crippen LogP contribution < -0.4 is 0 Å². The van der Waals surface area contributed by atoms with Gasteiger partial charge in [0.2, 0.25) is 0 Å². The van der Waals surface area contributed by atoms with Gasteiger partial charge in [-0.15, -0.1) is 6.58 Å². The summed E-state index contributed by atoms with van der Waals surface area (Å²) >= 11 is 0. The van der Waals surface area contributed by atoms with Crippen LogP contribution in [0.15, 0.2) is 43.0 Å². The van der Waals surface area contributed by atoms with E-state index in [1.807, 2.05) is 24.3 Å². The molecule has 88 valence electrons. The van der Waals surface area contributed by atoms with Crippen molar-refractivity contribution in [1.82, 2.24) is 0 Å². The Labute approximate surface area is 99.1 Å². The zero-order valence-corrected chi connectivity index (χ0v) is 10.5. The van der Waals surface area contributed by atoms with E-state index >= 15 is 0 Å². The van der Waals surface area contributed by atoms with Crippen molar-refractivity contribution in [3.63, 3.8) is 0 Å². The Balaban J connectivity index is 2.40. The fraction of sp³-hybridized carbons (Fsp3) is 0.467. The normalized spacial score (nSPS) is 16.4. The summed E-state index contributed by atoms with van der Waals surface area (Å²) in [4.78, 5) is 0. The minimum absolute atomic E-state index is 0.258. The highest BCUT2D eigenvalue weighted by Crippen LogP contribution is 2.19.